The second-order valence-electron chi connectivity index (χ2n) is 8.17. The highest BCUT2D eigenvalue weighted by Gasteiger charge is 2.47. The Labute approximate surface area is 154 Å². The zero-order chi connectivity index (χ0) is 18.1. The van der Waals surface area contributed by atoms with Gasteiger partial charge in [-0.05, 0) is 50.0 Å². The average Bonchev–Trinajstić information content (AvgIpc) is 3.25. The lowest BCUT2D eigenvalue weighted by Crippen LogP contribution is -2.48. The predicted octanol–water partition coefficient (Wildman–Crippen LogP) is 3.61. The highest BCUT2D eigenvalue weighted by atomic mass is 16.4. The summed E-state index contributed by atoms with van der Waals surface area (Å²) in [6.45, 7) is 0.801. The van der Waals surface area contributed by atoms with Crippen LogP contribution in [-0.2, 0) is 4.79 Å². The molecule has 5 heteroatoms. The maximum absolute atomic E-state index is 12.9. The summed E-state index contributed by atoms with van der Waals surface area (Å²) in [6, 6.07) is 11.1. The van der Waals surface area contributed by atoms with E-state index in [0.717, 1.165) is 25.8 Å². The highest BCUT2D eigenvalue weighted by molar-refractivity contribution is 5.76. The van der Waals surface area contributed by atoms with Crippen LogP contribution in [0.15, 0.2) is 30.3 Å². The van der Waals surface area contributed by atoms with Gasteiger partial charge in [0.2, 0.25) is 0 Å². The van der Waals surface area contributed by atoms with Crippen molar-refractivity contribution in [1.82, 2.24) is 10.2 Å². The molecule has 2 aliphatic carbocycles. The Balaban J connectivity index is 1.40. The zero-order valence-corrected chi connectivity index (χ0v) is 15.1. The number of carbonyl (C=O) groups is 2. The molecule has 1 saturated heterocycles. The summed E-state index contributed by atoms with van der Waals surface area (Å²) in [4.78, 5) is 26.1. The molecule has 0 spiro atoms. The number of carboxylic acids is 1. The van der Waals surface area contributed by atoms with Crippen molar-refractivity contribution >= 4 is 12.0 Å². The van der Waals surface area contributed by atoms with Crippen LogP contribution in [-0.4, -0.2) is 40.6 Å². The average molecular weight is 356 g/mol. The molecule has 2 saturated carbocycles. The molecule has 2 N–H and O–H groups in total. The standard InChI is InChI=1S/C21H28N2O3/c24-20(25)15-9-11-16(12-10-15)22-21(26)23-13-18(14-5-2-1-3-6-14)17-7-4-8-19(17)23/h1-3,5-6,15-19H,4,7-13H2,(H,22,26)(H,24,25). The van der Waals surface area contributed by atoms with Gasteiger partial charge in [-0.1, -0.05) is 36.8 Å². The molecular weight excluding hydrogens is 328 g/mol. The molecule has 0 radical (unpaired) electrons. The number of likely N-dealkylation sites (tertiary alicyclic amines) is 1. The van der Waals surface area contributed by atoms with E-state index in [1.54, 1.807) is 0 Å². The molecule has 5 nitrogen and oxygen atoms in total. The van der Waals surface area contributed by atoms with E-state index in [2.05, 4.69) is 34.5 Å². The van der Waals surface area contributed by atoms with Crippen molar-refractivity contribution in [3.63, 3.8) is 0 Å². The summed E-state index contributed by atoms with van der Waals surface area (Å²) in [6.07, 6.45) is 6.38. The van der Waals surface area contributed by atoms with E-state index >= 15 is 0 Å². The molecule has 2 amide bonds. The van der Waals surface area contributed by atoms with Crippen LogP contribution in [0.3, 0.4) is 0 Å². The van der Waals surface area contributed by atoms with E-state index in [4.69, 9.17) is 5.11 Å². The molecule has 1 aromatic rings. The van der Waals surface area contributed by atoms with Crippen LogP contribution in [0.4, 0.5) is 4.79 Å². The van der Waals surface area contributed by atoms with Gasteiger partial charge in [0.15, 0.2) is 0 Å². The van der Waals surface area contributed by atoms with E-state index in [0.29, 0.717) is 30.7 Å². The van der Waals surface area contributed by atoms with Crippen LogP contribution in [0.2, 0.25) is 0 Å². The Hall–Kier alpha value is -2.04. The third-order valence-corrected chi connectivity index (χ3v) is 6.73. The number of urea groups is 1. The molecule has 3 fully saturated rings. The van der Waals surface area contributed by atoms with Gasteiger partial charge in [0.25, 0.3) is 0 Å². The maximum Gasteiger partial charge on any atom is 0.317 e. The third-order valence-electron chi connectivity index (χ3n) is 6.73. The number of aliphatic carboxylic acids is 1. The number of fused-ring (bicyclic) bond motifs is 1. The summed E-state index contributed by atoms with van der Waals surface area (Å²) in [5.41, 5.74) is 1.35. The fraction of sp³-hybridized carbons (Fsp3) is 0.619. The fourth-order valence-electron chi connectivity index (χ4n) is 5.34. The van der Waals surface area contributed by atoms with E-state index in [-0.39, 0.29) is 18.0 Å². The molecule has 140 valence electrons. The summed E-state index contributed by atoms with van der Waals surface area (Å²) >= 11 is 0. The van der Waals surface area contributed by atoms with Crippen LogP contribution < -0.4 is 5.32 Å². The minimum absolute atomic E-state index is 0.0547. The molecule has 1 heterocycles. The minimum Gasteiger partial charge on any atom is -0.481 e. The van der Waals surface area contributed by atoms with Crippen LogP contribution in [0, 0.1) is 11.8 Å². The molecule has 1 aromatic carbocycles. The Morgan fingerprint density at radius 1 is 1.00 bits per heavy atom. The van der Waals surface area contributed by atoms with Gasteiger partial charge in [0.05, 0.1) is 5.92 Å². The quantitative estimate of drug-likeness (QED) is 0.869. The SMILES string of the molecule is O=C(O)C1CCC(NC(=O)N2CC(c3ccccc3)C3CCCC32)CC1. The first-order valence-corrected chi connectivity index (χ1v) is 9.98. The van der Waals surface area contributed by atoms with Crippen LogP contribution in [0.1, 0.15) is 56.4 Å². The molecule has 0 bridgehead atoms. The van der Waals surface area contributed by atoms with Gasteiger partial charge in [-0.15, -0.1) is 0 Å². The van der Waals surface area contributed by atoms with Crippen molar-refractivity contribution in [2.24, 2.45) is 11.8 Å². The second kappa shape index (κ2) is 7.29. The number of nitrogens with zero attached hydrogens (tertiary/aromatic N) is 1. The van der Waals surface area contributed by atoms with Gasteiger partial charge in [0.1, 0.15) is 0 Å². The molecule has 4 rings (SSSR count). The zero-order valence-electron chi connectivity index (χ0n) is 15.1. The molecular formula is C21H28N2O3. The number of benzene rings is 1. The monoisotopic (exact) mass is 356 g/mol. The van der Waals surface area contributed by atoms with Gasteiger partial charge in [-0.25, -0.2) is 4.79 Å². The molecule has 3 atom stereocenters. The largest absolute Gasteiger partial charge is 0.481 e. The van der Waals surface area contributed by atoms with Gasteiger partial charge in [-0.2, -0.15) is 0 Å². The first-order valence-electron chi connectivity index (χ1n) is 9.98. The van der Waals surface area contributed by atoms with E-state index in [1.165, 1.54) is 18.4 Å². The summed E-state index contributed by atoms with van der Waals surface area (Å²) in [5.74, 6) is 0.0773. The molecule has 3 unspecified atom stereocenters. The number of hydrogen-bond donors (Lipinski definition) is 2. The molecule has 1 aliphatic heterocycles. The molecule has 0 aromatic heterocycles. The van der Waals surface area contributed by atoms with Gasteiger partial charge in [0, 0.05) is 24.5 Å². The molecule has 3 aliphatic rings. The van der Waals surface area contributed by atoms with Gasteiger partial charge >= 0.3 is 12.0 Å². The second-order valence-corrected chi connectivity index (χ2v) is 8.17. The summed E-state index contributed by atoms with van der Waals surface area (Å²) in [7, 11) is 0. The van der Waals surface area contributed by atoms with Crippen molar-refractivity contribution in [2.45, 2.75) is 62.9 Å². The van der Waals surface area contributed by atoms with Crippen molar-refractivity contribution in [3.05, 3.63) is 35.9 Å². The first-order chi connectivity index (χ1) is 12.6. The topological polar surface area (TPSA) is 69.6 Å². The lowest BCUT2D eigenvalue weighted by molar-refractivity contribution is -0.142. The highest BCUT2D eigenvalue weighted by Crippen LogP contribution is 2.46. The van der Waals surface area contributed by atoms with Crippen LogP contribution >= 0.6 is 0 Å². The number of rotatable bonds is 3. The van der Waals surface area contributed by atoms with Crippen molar-refractivity contribution in [1.29, 1.82) is 0 Å². The Morgan fingerprint density at radius 3 is 2.42 bits per heavy atom. The fourth-order valence-corrected chi connectivity index (χ4v) is 5.34. The van der Waals surface area contributed by atoms with E-state index < -0.39 is 5.97 Å². The summed E-state index contributed by atoms with van der Waals surface area (Å²) < 4.78 is 0. The van der Waals surface area contributed by atoms with E-state index in [9.17, 15) is 9.59 Å². The Kier molecular flexibility index (Phi) is 4.88. The number of carbonyl (C=O) groups excluding carboxylic acids is 1. The maximum atomic E-state index is 12.9. The number of nitrogens with one attached hydrogen (secondary N) is 1. The predicted molar refractivity (Wildman–Crippen MR) is 98.9 cm³/mol. The Bertz CT molecular complexity index is 654. The van der Waals surface area contributed by atoms with Gasteiger partial charge in [-0.3, -0.25) is 4.79 Å². The Morgan fingerprint density at radius 2 is 1.73 bits per heavy atom. The van der Waals surface area contributed by atoms with Crippen molar-refractivity contribution < 1.29 is 14.7 Å². The molecule has 26 heavy (non-hydrogen) atoms. The lowest BCUT2D eigenvalue weighted by Gasteiger charge is -2.30. The van der Waals surface area contributed by atoms with Gasteiger partial charge < -0.3 is 15.3 Å². The normalized spacial score (nSPS) is 33.7. The number of carboxylic acid groups (broad SMARTS) is 1. The van der Waals surface area contributed by atoms with E-state index in [1.807, 2.05) is 6.07 Å². The smallest absolute Gasteiger partial charge is 0.317 e. The summed E-state index contributed by atoms with van der Waals surface area (Å²) in [5, 5.41) is 12.3. The van der Waals surface area contributed by atoms with Crippen molar-refractivity contribution in [3.8, 4) is 0 Å². The minimum atomic E-state index is -0.700. The first kappa shape index (κ1) is 17.4. The van der Waals surface area contributed by atoms with Crippen LogP contribution in [0.5, 0.6) is 0 Å². The van der Waals surface area contributed by atoms with Crippen molar-refractivity contribution in [2.75, 3.05) is 6.54 Å². The van der Waals surface area contributed by atoms with Crippen LogP contribution in [0.25, 0.3) is 0 Å². The lowest BCUT2D eigenvalue weighted by atomic mass is 9.86. The number of hydrogen-bond acceptors (Lipinski definition) is 2. The third kappa shape index (κ3) is 3.31. The number of amides is 2.